The fourth-order valence-corrected chi connectivity index (χ4v) is 4.75. The van der Waals surface area contributed by atoms with Crippen LogP contribution in [0.2, 0.25) is 0 Å². The van der Waals surface area contributed by atoms with E-state index in [1.807, 2.05) is 18.2 Å². The van der Waals surface area contributed by atoms with E-state index in [-0.39, 0.29) is 22.8 Å². The second-order valence-corrected chi connectivity index (χ2v) is 9.25. The summed E-state index contributed by atoms with van der Waals surface area (Å²) in [5.74, 6) is 4.42. The van der Waals surface area contributed by atoms with Gasteiger partial charge in [0.25, 0.3) is 0 Å². The van der Waals surface area contributed by atoms with E-state index in [1.54, 1.807) is 0 Å². The number of rotatable bonds is 6. The third-order valence-electron chi connectivity index (χ3n) is 4.41. The summed E-state index contributed by atoms with van der Waals surface area (Å²) in [6.07, 6.45) is 0. The molecule has 1 atom stereocenters. The predicted octanol–water partition coefficient (Wildman–Crippen LogP) is 6.05. The molecule has 0 radical (unpaired) electrons. The highest BCUT2D eigenvalue weighted by molar-refractivity contribution is 8.12. The average Bonchev–Trinajstić information content (AvgIpc) is 2.53. The van der Waals surface area contributed by atoms with Crippen molar-refractivity contribution in [1.29, 1.82) is 0 Å². The van der Waals surface area contributed by atoms with Crippen LogP contribution in [0.4, 0.5) is 4.39 Å². The molecule has 0 bridgehead atoms. The lowest BCUT2D eigenvalue weighted by Crippen LogP contribution is -2.21. The molecule has 0 aliphatic rings. The molecule has 0 N–H and O–H groups in total. The molecule has 1 nitrogen and oxygen atoms in total. The van der Waals surface area contributed by atoms with Crippen LogP contribution in [0, 0.1) is 13.8 Å². The van der Waals surface area contributed by atoms with Gasteiger partial charge in [-0.3, -0.25) is 0 Å². The zero-order valence-electron chi connectivity index (χ0n) is 16.1. The van der Waals surface area contributed by atoms with Gasteiger partial charge in [-0.1, -0.05) is 79.8 Å². The van der Waals surface area contributed by atoms with Gasteiger partial charge >= 0.3 is 0 Å². The Labute approximate surface area is 154 Å². The Morgan fingerprint density at radius 1 is 1.04 bits per heavy atom. The molecule has 0 amide bonds. The van der Waals surface area contributed by atoms with Crippen molar-refractivity contribution in [3.8, 4) is 0 Å². The zero-order chi connectivity index (χ0) is 18.6. The van der Waals surface area contributed by atoms with Crippen LogP contribution >= 0.6 is 10.7 Å². The fraction of sp³-hybridized carbons (Fsp3) is 0.409. The van der Waals surface area contributed by atoms with Crippen LogP contribution in [0.1, 0.15) is 43.0 Å². The number of hydrogen-bond donors (Lipinski definition) is 0. The summed E-state index contributed by atoms with van der Waals surface area (Å²) in [5, 5.41) is 0. The summed E-state index contributed by atoms with van der Waals surface area (Å²) in [6, 6.07) is 14.8. The van der Waals surface area contributed by atoms with Crippen molar-refractivity contribution in [2.75, 3.05) is 13.2 Å². The lowest BCUT2D eigenvalue weighted by atomic mass is 9.85. The van der Waals surface area contributed by atoms with Crippen molar-refractivity contribution in [1.82, 2.24) is 4.31 Å². The second kappa shape index (κ2) is 8.29. The molecule has 25 heavy (non-hydrogen) atoms. The monoisotopic (exact) mass is 359 g/mol. The molecule has 2 aromatic rings. The molecular formula is C22H30FNS. The van der Waals surface area contributed by atoms with Gasteiger partial charge in [-0.05, 0) is 41.5 Å². The van der Waals surface area contributed by atoms with Crippen LogP contribution in [0.15, 0.2) is 47.4 Å². The highest BCUT2D eigenvalue weighted by Gasteiger charge is 2.19. The van der Waals surface area contributed by atoms with Crippen LogP contribution in [-0.2, 0) is 12.0 Å². The lowest BCUT2D eigenvalue weighted by molar-refractivity contribution is 0.380. The molecule has 0 saturated carbocycles. The van der Waals surface area contributed by atoms with Gasteiger partial charge in [-0.15, -0.1) is 0 Å². The number of benzene rings is 2. The average molecular weight is 360 g/mol. The minimum absolute atomic E-state index is 0.122. The normalized spacial score (nSPS) is 13.2. The Bertz CT molecular complexity index is 708. The Balaban J connectivity index is 2.36. The molecule has 0 aromatic heterocycles. The molecule has 2 aromatic carbocycles. The topological polar surface area (TPSA) is 3.24 Å². The van der Waals surface area contributed by atoms with Crippen molar-refractivity contribution < 1.29 is 4.39 Å². The van der Waals surface area contributed by atoms with Gasteiger partial charge in [-0.25, -0.2) is 8.70 Å². The molecule has 0 heterocycles. The first-order valence-electron chi connectivity index (χ1n) is 8.74. The Kier molecular flexibility index (Phi) is 6.59. The Hall–Kier alpha value is -1.45. The SMILES string of the molecule is C=S(c1c(C)cc(C(C)(C)C)cc1C)N(CCF)Cc1ccccc1. The molecule has 2 rings (SSSR count). The first-order chi connectivity index (χ1) is 11.7. The summed E-state index contributed by atoms with van der Waals surface area (Å²) in [5.41, 5.74) is 5.15. The molecule has 0 spiro atoms. The van der Waals surface area contributed by atoms with Gasteiger partial charge in [0, 0.05) is 18.0 Å². The van der Waals surface area contributed by atoms with Gasteiger partial charge < -0.3 is 0 Å². The summed E-state index contributed by atoms with van der Waals surface area (Å²) >= 11 is 0. The van der Waals surface area contributed by atoms with Crippen molar-refractivity contribution >= 4 is 16.5 Å². The summed E-state index contributed by atoms with van der Waals surface area (Å²) in [4.78, 5) is 1.25. The van der Waals surface area contributed by atoms with E-state index >= 15 is 0 Å². The smallest absolute Gasteiger partial charge is 0.103 e. The minimum atomic E-state index is -0.386. The summed E-state index contributed by atoms with van der Waals surface area (Å²) in [7, 11) is -0.386. The first kappa shape index (κ1) is 19.9. The van der Waals surface area contributed by atoms with Crippen LogP contribution in [0.5, 0.6) is 0 Å². The van der Waals surface area contributed by atoms with E-state index in [9.17, 15) is 4.39 Å². The third kappa shape index (κ3) is 5.02. The third-order valence-corrected chi connectivity index (χ3v) is 6.46. The van der Waals surface area contributed by atoms with Gasteiger partial charge in [0.2, 0.25) is 0 Å². The largest absolute Gasteiger partial charge is 0.250 e. The number of aryl methyl sites for hydroxylation is 2. The quantitative estimate of drug-likeness (QED) is 0.568. The number of nitrogens with zero attached hydrogens (tertiary/aromatic N) is 1. The standard InChI is InChI=1S/C22H30FNS/c1-17-14-20(22(3,4)5)15-18(2)21(17)25(6)24(13-12-23)16-19-10-8-7-9-11-19/h7-11,14-15H,6,12-13,16H2,1-5H3. The van der Waals surface area contributed by atoms with Crippen molar-refractivity contribution in [2.45, 2.75) is 51.5 Å². The van der Waals surface area contributed by atoms with E-state index in [0.717, 1.165) is 6.54 Å². The van der Waals surface area contributed by atoms with Crippen molar-refractivity contribution in [3.05, 3.63) is 64.7 Å². The maximum absolute atomic E-state index is 13.2. The van der Waals surface area contributed by atoms with Gasteiger partial charge in [0.05, 0.1) is 0 Å². The van der Waals surface area contributed by atoms with E-state index in [2.05, 4.69) is 69.1 Å². The van der Waals surface area contributed by atoms with Crippen LogP contribution in [0.3, 0.4) is 0 Å². The number of alkyl halides is 1. The minimum Gasteiger partial charge on any atom is -0.250 e. The van der Waals surface area contributed by atoms with Gasteiger partial charge in [-0.2, -0.15) is 0 Å². The number of hydrogen-bond acceptors (Lipinski definition) is 1. The Morgan fingerprint density at radius 3 is 2.08 bits per heavy atom. The van der Waals surface area contributed by atoms with Crippen LogP contribution in [-0.4, -0.2) is 23.4 Å². The van der Waals surface area contributed by atoms with Crippen LogP contribution in [0.25, 0.3) is 0 Å². The van der Waals surface area contributed by atoms with E-state index in [4.69, 9.17) is 0 Å². The molecule has 0 saturated heterocycles. The Morgan fingerprint density at radius 2 is 1.60 bits per heavy atom. The maximum atomic E-state index is 13.2. The first-order valence-corrected chi connectivity index (χ1v) is 10.1. The summed E-state index contributed by atoms with van der Waals surface area (Å²) < 4.78 is 15.3. The number of halogens is 1. The van der Waals surface area contributed by atoms with Gasteiger partial charge in [0.15, 0.2) is 0 Å². The lowest BCUT2D eigenvalue weighted by Gasteiger charge is -2.29. The van der Waals surface area contributed by atoms with E-state index in [1.165, 1.54) is 27.1 Å². The van der Waals surface area contributed by atoms with E-state index in [0.29, 0.717) is 6.54 Å². The van der Waals surface area contributed by atoms with E-state index < -0.39 is 0 Å². The molecule has 0 aliphatic heterocycles. The van der Waals surface area contributed by atoms with Gasteiger partial charge in [0.1, 0.15) is 6.67 Å². The molecule has 136 valence electrons. The fourth-order valence-electron chi connectivity index (χ4n) is 3.03. The maximum Gasteiger partial charge on any atom is 0.103 e. The molecule has 1 unspecified atom stereocenters. The summed E-state index contributed by atoms with van der Waals surface area (Å²) in [6.45, 7) is 11.8. The zero-order valence-corrected chi connectivity index (χ0v) is 16.9. The molecule has 0 fully saturated rings. The molecular weight excluding hydrogens is 329 g/mol. The second-order valence-electron chi connectivity index (χ2n) is 7.59. The van der Waals surface area contributed by atoms with Crippen molar-refractivity contribution in [3.63, 3.8) is 0 Å². The van der Waals surface area contributed by atoms with Crippen LogP contribution < -0.4 is 0 Å². The predicted molar refractivity (Wildman–Crippen MR) is 110 cm³/mol. The molecule has 0 aliphatic carbocycles. The highest BCUT2D eigenvalue weighted by atomic mass is 32.2. The van der Waals surface area contributed by atoms with Crippen molar-refractivity contribution in [2.24, 2.45) is 0 Å². The molecule has 3 heteroatoms. The highest BCUT2D eigenvalue weighted by Crippen LogP contribution is 2.38.